The average Bonchev–Trinajstić information content (AvgIpc) is 2.72. The summed E-state index contributed by atoms with van der Waals surface area (Å²) in [6.45, 7) is 9.17. The first-order chi connectivity index (χ1) is 13.9. The van der Waals surface area contributed by atoms with Gasteiger partial charge in [0.15, 0.2) is 0 Å². The van der Waals surface area contributed by atoms with Crippen LogP contribution in [0.1, 0.15) is 38.3 Å². The molecule has 2 aromatic carbocycles. The van der Waals surface area contributed by atoms with E-state index in [1.165, 1.54) is 17.3 Å². The summed E-state index contributed by atoms with van der Waals surface area (Å²) < 4.78 is 0. The summed E-state index contributed by atoms with van der Waals surface area (Å²) in [5.41, 5.74) is 2.21. The highest BCUT2D eigenvalue weighted by Gasteiger charge is 2.28. The number of nitrogens with one attached hydrogen (secondary N) is 1. The Kier molecular flexibility index (Phi) is 9.26. The number of aryl methyl sites for hydroxylation is 1. The van der Waals surface area contributed by atoms with Gasteiger partial charge in [-0.05, 0) is 37.0 Å². The van der Waals surface area contributed by atoms with Gasteiger partial charge in [-0.1, -0.05) is 68.8 Å². The third kappa shape index (κ3) is 7.58. The zero-order chi connectivity index (χ0) is 21.2. The van der Waals surface area contributed by atoms with Crippen LogP contribution in [0.25, 0.3) is 0 Å². The molecule has 0 aromatic heterocycles. The SMILES string of the molecule is CCC(C(=O)NCC(C)C)N(Cc1ccc(C)cc1)C(=O)CSc1ccccc1. The van der Waals surface area contributed by atoms with Crippen molar-refractivity contribution in [3.05, 3.63) is 65.7 Å². The lowest BCUT2D eigenvalue weighted by Gasteiger charge is -2.31. The second kappa shape index (κ2) is 11.7. The summed E-state index contributed by atoms with van der Waals surface area (Å²) in [4.78, 5) is 28.8. The van der Waals surface area contributed by atoms with Crippen molar-refractivity contribution in [1.82, 2.24) is 10.2 Å². The van der Waals surface area contributed by atoms with Gasteiger partial charge in [0.25, 0.3) is 0 Å². The molecule has 0 bridgehead atoms. The zero-order valence-corrected chi connectivity index (χ0v) is 18.7. The Morgan fingerprint density at radius 2 is 1.69 bits per heavy atom. The van der Waals surface area contributed by atoms with Crippen molar-refractivity contribution < 1.29 is 9.59 Å². The van der Waals surface area contributed by atoms with Crippen LogP contribution in [0, 0.1) is 12.8 Å². The lowest BCUT2D eigenvalue weighted by atomic mass is 10.1. The van der Waals surface area contributed by atoms with E-state index >= 15 is 0 Å². The van der Waals surface area contributed by atoms with Gasteiger partial charge in [-0.2, -0.15) is 0 Å². The van der Waals surface area contributed by atoms with Gasteiger partial charge in [0.1, 0.15) is 6.04 Å². The summed E-state index contributed by atoms with van der Waals surface area (Å²) in [5, 5.41) is 3.00. The second-order valence-corrected chi connectivity index (χ2v) is 8.72. The number of carbonyl (C=O) groups is 2. The van der Waals surface area contributed by atoms with Crippen molar-refractivity contribution in [2.75, 3.05) is 12.3 Å². The number of benzene rings is 2. The van der Waals surface area contributed by atoms with Gasteiger partial charge in [-0.3, -0.25) is 9.59 Å². The van der Waals surface area contributed by atoms with Crippen LogP contribution in [0.2, 0.25) is 0 Å². The van der Waals surface area contributed by atoms with Crippen LogP contribution in [0.15, 0.2) is 59.5 Å². The van der Waals surface area contributed by atoms with Crippen molar-refractivity contribution >= 4 is 23.6 Å². The fourth-order valence-electron chi connectivity index (χ4n) is 2.98. The molecule has 1 unspecified atom stereocenters. The first-order valence-corrected chi connectivity index (χ1v) is 11.2. The molecule has 2 aromatic rings. The molecule has 156 valence electrons. The van der Waals surface area contributed by atoms with E-state index in [4.69, 9.17) is 0 Å². The lowest BCUT2D eigenvalue weighted by molar-refractivity contribution is -0.139. The molecule has 0 saturated heterocycles. The van der Waals surface area contributed by atoms with Crippen LogP contribution in [-0.2, 0) is 16.1 Å². The van der Waals surface area contributed by atoms with Gasteiger partial charge in [-0.15, -0.1) is 11.8 Å². The molecule has 0 spiro atoms. The first kappa shape index (κ1) is 23.0. The average molecular weight is 413 g/mol. The first-order valence-electron chi connectivity index (χ1n) is 10.2. The molecule has 5 heteroatoms. The van der Waals surface area contributed by atoms with E-state index in [1.807, 2.05) is 68.4 Å². The number of thioether (sulfide) groups is 1. The number of amides is 2. The molecule has 0 aliphatic rings. The molecule has 0 fully saturated rings. The van der Waals surface area contributed by atoms with E-state index in [0.29, 0.717) is 31.2 Å². The lowest BCUT2D eigenvalue weighted by Crippen LogP contribution is -2.50. The molecule has 0 saturated carbocycles. The van der Waals surface area contributed by atoms with Crippen LogP contribution in [-0.4, -0.2) is 35.1 Å². The molecule has 29 heavy (non-hydrogen) atoms. The monoisotopic (exact) mass is 412 g/mol. The molecule has 0 aliphatic carbocycles. The van der Waals surface area contributed by atoms with Crippen molar-refractivity contribution in [2.45, 2.75) is 51.6 Å². The Bertz CT molecular complexity index is 775. The van der Waals surface area contributed by atoms with E-state index in [2.05, 4.69) is 19.2 Å². The summed E-state index contributed by atoms with van der Waals surface area (Å²) in [5.74, 6) is 0.577. The van der Waals surface area contributed by atoms with Gasteiger partial charge in [-0.25, -0.2) is 0 Å². The van der Waals surface area contributed by atoms with Crippen molar-refractivity contribution in [1.29, 1.82) is 0 Å². The van der Waals surface area contributed by atoms with Gasteiger partial charge >= 0.3 is 0 Å². The van der Waals surface area contributed by atoms with E-state index in [0.717, 1.165) is 10.5 Å². The Labute approximate surface area is 179 Å². The summed E-state index contributed by atoms with van der Waals surface area (Å²) >= 11 is 1.50. The highest BCUT2D eigenvalue weighted by Crippen LogP contribution is 2.20. The summed E-state index contributed by atoms with van der Waals surface area (Å²) in [6, 6.07) is 17.5. The Balaban J connectivity index is 2.16. The maximum atomic E-state index is 13.2. The van der Waals surface area contributed by atoms with Gasteiger partial charge in [0.2, 0.25) is 11.8 Å². The minimum Gasteiger partial charge on any atom is -0.354 e. The number of nitrogens with zero attached hydrogens (tertiary/aromatic N) is 1. The second-order valence-electron chi connectivity index (χ2n) is 7.67. The summed E-state index contributed by atoms with van der Waals surface area (Å²) in [6.07, 6.45) is 0.581. The number of hydrogen-bond donors (Lipinski definition) is 1. The fraction of sp³-hybridized carbons (Fsp3) is 0.417. The quantitative estimate of drug-likeness (QED) is 0.577. The third-order valence-electron chi connectivity index (χ3n) is 4.65. The normalized spacial score (nSPS) is 11.9. The minimum atomic E-state index is -0.473. The van der Waals surface area contributed by atoms with Crippen LogP contribution >= 0.6 is 11.8 Å². The van der Waals surface area contributed by atoms with Gasteiger partial charge < -0.3 is 10.2 Å². The molecular weight excluding hydrogens is 380 g/mol. The van der Waals surface area contributed by atoms with Gasteiger partial charge in [0.05, 0.1) is 5.75 Å². The maximum absolute atomic E-state index is 13.2. The Hall–Kier alpha value is -2.27. The molecule has 4 nitrogen and oxygen atoms in total. The smallest absolute Gasteiger partial charge is 0.242 e. The number of rotatable bonds is 10. The molecule has 0 aliphatic heterocycles. The molecule has 1 N–H and O–H groups in total. The fourth-order valence-corrected chi connectivity index (χ4v) is 3.78. The molecule has 1 atom stereocenters. The van der Waals surface area contributed by atoms with E-state index < -0.39 is 6.04 Å². The minimum absolute atomic E-state index is 0.0222. The highest BCUT2D eigenvalue weighted by molar-refractivity contribution is 8.00. The predicted octanol–water partition coefficient (Wildman–Crippen LogP) is 4.67. The Morgan fingerprint density at radius 1 is 1.03 bits per heavy atom. The molecule has 0 radical (unpaired) electrons. The zero-order valence-electron chi connectivity index (χ0n) is 17.9. The van der Waals surface area contributed by atoms with E-state index in [1.54, 1.807) is 4.90 Å². The van der Waals surface area contributed by atoms with Crippen molar-refractivity contribution in [2.24, 2.45) is 5.92 Å². The highest BCUT2D eigenvalue weighted by atomic mass is 32.2. The number of hydrogen-bond acceptors (Lipinski definition) is 3. The number of carbonyl (C=O) groups excluding carboxylic acids is 2. The van der Waals surface area contributed by atoms with Crippen LogP contribution < -0.4 is 5.32 Å². The maximum Gasteiger partial charge on any atom is 0.242 e. The largest absolute Gasteiger partial charge is 0.354 e. The summed E-state index contributed by atoms with van der Waals surface area (Å²) in [7, 11) is 0. The van der Waals surface area contributed by atoms with Crippen molar-refractivity contribution in [3.8, 4) is 0 Å². The van der Waals surface area contributed by atoms with E-state index in [-0.39, 0.29) is 11.8 Å². The Morgan fingerprint density at radius 3 is 2.28 bits per heavy atom. The molecular formula is C24H32N2O2S. The van der Waals surface area contributed by atoms with Crippen LogP contribution in [0.4, 0.5) is 0 Å². The van der Waals surface area contributed by atoms with Crippen molar-refractivity contribution in [3.63, 3.8) is 0 Å². The van der Waals surface area contributed by atoms with Gasteiger partial charge in [0, 0.05) is 18.0 Å². The molecule has 2 rings (SSSR count). The third-order valence-corrected chi connectivity index (χ3v) is 5.65. The molecule has 0 heterocycles. The standard InChI is InChI=1S/C24H32N2O2S/c1-5-22(24(28)25-15-18(2)3)26(16-20-13-11-19(4)12-14-20)23(27)17-29-21-9-7-6-8-10-21/h6-14,18,22H,5,15-17H2,1-4H3,(H,25,28). The van der Waals surface area contributed by atoms with Crippen LogP contribution in [0.5, 0.6) is 0 Å². The van der Waals surface area contributed by atoms with Crippen LogP contribution in [0.3, 0.4) is 0 Å². The predicted molar refractivity (Wildman–Crippen MR) is 121 cm³/mol. The topological polar surface area (TPSA) is 49.4 Å². The molecule has 2 amide bonds. The van der Waals surface area contributed by atoms with E-state index in [9.17, 15) is 9.59 Å².